The van der Waals surface area contributed by atoms with E-state index in [0.717, 1.165) is 6.07 Å². The summed E-state index contributed by atoms with van der Waals surface area (Å²) in [6.45, 7) is 0. The van der Waals surface area contributed by atoms with E-state index in [-0.39, 0.29) is 24.1 Å². The van der Waals surface area contributed by atoms with E-state index in [2.05, 4.69) is 0 Å². The molecule has 1 rings (SSSR count). The van der Waals surface area contributed by atoms with Gasteiger partial charge in [0.05, 0.1) is 11.0 Å². The Kier molecular flexibility index (Phi) is 4.34. The van der Waals surface area contributed by atoms with Crippen LogP contribution in [0.3, 0.4) is 0 Å². The summed E-state index contributed by atoms with van der Waals surface area (Å²) in [6, 6.07) is 5.51. The van der Waals surface area contributed by atoms with Crippen LogP contribution in [0.5, 0.6) is 0 Å². The number of aliphatic carboxylic acids is 1. The summed E-state index contributed by atoms with van der Waals surface area (Å²) in [5.41, 5.74) is 0.0754. The Morgan fingerprint density at radius 3 is 2.67 bits per heavy atom. The molecule has 18 heavy (non-hydrogen) atoms. The molecule has 0 aliphatic heterocycles. The molecular weight excluding hydrogens is 240 g/mol. The zero-order chi connectivity index (χ0) is 13.7. The Balaban J connectivity index is 3.18. The second-order valence-electron chi connectivity index (χ2n) is 3.59. The molecule has 0 aliphatic carbocycles. The van der Waals surface area contributed by atoms with Crippen LogP contribution in [0.1, 0.15) is 23.7 Å². The van der Waals surface area contributed by atoms with Gasteiger partial charge < -0.3 is 10.2 Å². The fourth-order valence-corrected chi connectivity index (χ4v) is 1.45. The molecule has 0 aromatic heterocycles. The van der Waals surface area contributed by atoms with Gasteiger partial charge in [0, 0.05) is 18.6 Å². The topological polar surface area (TPSA) is 124 Å². The molecule has 1 aromatic rings. The van der Waals surface area contributed by atoms with Crippen molar-refractivity contribution in [1.29, 1.82) is 5.26 Å². The Bertz CT molecular complexity index is 521. The number of carboxylic acid groups (broad SMARTS) is 1. The van der Waals surface area contributed by atoms with Crippen LogP contribution in [0.2, 0.25) is 0 Å². The first-order valence-corrected chi connectivity index (χ1v) is 5.01. The van der Waals surface area contributed by atoms with Crippen LogP contribution < -0.4 is 0 Å². The van der Waals surface area contributed by atoms with Crippen LogP contribution in [0.25, 0.3) is 0 Å². The second-order valence-corrected chi connectivity index (χ2v) is 3.59. The highest BCUT2D eigenvalue weighted by atomic mass is 16.6. The third kappa shape index (κ3) is 3.26. The van der Waals surface area contributed by atoms with Crippen molar-refractivity contribution in [1.82, 2.24) is 0 Å². The summed E-state index contributed by atoms with van der Waals surface area (Å²) in [5.74, 6) is -1.48. The number of nitro benzene ring substituents is 1. The lowest BCUT2D eigenvalue weighted by molar-refractivity contribution is -0.385. The summed E-state index contributed by atoms with van der Waals surface area (Å²) in [5, 5.41) is 37.2. The number of aryl methyl sites for hydroxylation is 1. The predicted octanol–water partition coefficient (Wildman–Crippen LogP) is 1.17. The van der Waals surface area contributed by atoms with Crippen LogP contribution in [0, 0.1) is 21.4 Å². The van der Waals surface area contributed by atoms with E-state index in [9.17, 15) is 20.0 Å². The molecule has 0 radical (unpaired) electrons. The van der Waals surface area contributed by atoms with Gasteiger partial charge in [0.1, 0.15) is 0 Å². The minimum absolute atomic E-state index is 0.0651. The number of nitrogens with zero attached hydrogens (tertiary/aromatic N) is 2. The summed E-state index contributed by atoms with van der Waals surface area (Å²) in [6.07, 6.45) is -1.40. The van der Waals surface area contributed by atoms with Crippen LogP contribution in [0.4, 0.5) is 5.69 Å². The molecule has 7 nitrogen and oxygen atoms in total. The molecule has 1 unspecified atom stereocenters. The van der Waals surface area contributed by atoms with Crippen LogP contribution in [-0.2, 0) is 11.2 Å². The summed E-state index contributed by atoms with van der Waals surface area (Å²) >= 11 is 0. The molecule has 0 fully saturated rings. The highest BCUT2D eigenvalue weighted by molar-refractivity contribution is 5.74. The highest BCUT2D eigenvalue weighted by Crippen LogP contribution is 2.23. The second kappa shape index (κ2) is 5.75. The third-order valence-corrected chi connectivity index (χ3v) is 2.29. The van der Waals surface area contributed by atoms with Gasteiger partial charge in [-0.3, -0.25) is 10.1 Å². The first-order valence-electron chi connectivity index (χ1n) is 5.01. The van der Waals surface area contributed by atoms with Crippen molar-refractivity contribution in [3.05, 3.63) is 39.4 Å². The van der Waals surface area contributed by atoms with E-state index >= 15 is 0 Å². The first kappa shape index (κ1) is 13.6. The Labute approximate surface area is 102 Å². The van der Waals surface area contributed by atoms with Gasteiger partial charge in [0.2, 0.25) is 0 Å². The monoisotopic (exact) mass is 250 g/mol. The van der Waals surface area contributed by atoms with E-state index in [1.807, 2.05) is 6.07 Å². The van der Waals surface area contributed by atoms with Crippen molar-refractivity contribution < 1.29 is 19.9 Å². The van der Waals surface area contributed by atoms with Gasteiger partial charge in [-0.2, -0.15) is 5.26 Å². The number of aliphatic hydroxyl groups is 1. The molecule has 0 aliphatic rings. The Hall–Kier alpha value is -2.46. The summed E-state index contributed by atoms with van der Waals surface area (Å²) in [4.78, 5) is 20.6. The van der Waals surface area contributed by atoms with E-state index in [1.165, 1.54) is 12.1 Å². The lowest BCUT2D eigenvalue weighted by atomic mass is 10.0. The Morgan fingerprint density at radius 1 is 1.50 bits per heavy atom. The molecule has 0 heterocycles. The molecule has 1 aromatic carbocycles. The van der Waals surface area contributed by atoms with Crippen LogP contribution in [-0.4, -0.2) is 21.1 Å². The molecule has 1 atom stereocenters. The summed E-state index contributed by atoms with van der Waals surface area (Å²) < 4.78 is 0. The molecule has 7 heteroatoms. The smallest absolute Gasteiger partial charge is 0.337 e. The lowest BCUT2D eigenvalue weighted by Crippen LogP contribution is -2.11. The molecule has 0 bridgehead atoms. The molecule has 0 amide bonds. The standard InChI is InChI=1S/C11H10N2O5/c12-3-1-2-7-4-8(10(14)11(15)16)6-9(5-7)13(17)18/h4-6,10,14H,1-2H2,(H,15,16). The number of carbonyl (C=O) groups is 1. The largest absolute Gasteiger partial charge is 0.479 e. The van der Waals surface area contributed by atoms with Crippen molar-refractivity contribution in [2.24, 2.45) is 0 Å². The maximum absolute atomic E-state index is 10.7. The number of benzene rings is 1. The van der Waals surface area contributed by atoms with E-state index in [1.54, 1.807) is 0 Å². The van der Waals surface area contributed by atoms with Crippen molar-refractivity contribution in [3.63, 3.8) is 0 Å². The highest BCUT2D eigenvalue weighted by Gasteiger charge is 2.20. The van der Waals surface area contributed by atoms with E-state index < -0.39 is 17.0 Å². The first-order chi connectivity index (χ1) is 8.45. The van der Waals surface area contributed by atoms with Crippen LogP contribution >= 0.6 is 0 Å². The number of nitro groups is 1. The van der Waals surface area contributed by atoms with Gasteiger partial charge in [-0.1, -0.05) is 6.07 Å². The van der Waals surface area contributed by atoms with Gasteiger partial charge in [0.15, 0.2) is 6.10 Å². The zero-order valence-electron chi connectivity index (χ0n) is 9.24. The lowest BCUT2D eigenvalue weighted by Gasteiger charge is -2.07. The van der Waals surface area contributed by atoms with Crippen molar-refractivity contribution in [2.45, 2.75) is 18.9 Å². The van der Waals surface area contributed by atoms with Gasteiger partial charge >= 0.3 is 5.97 Å². The third-order valence-electron chi connectivity index (χ3n) is 2.29. The molecule has 0 spiro atoms. The SMILES string of the molecule is N#CCCc1cc(C(O)C(=O)O)cc([N+](=O)[O-])c1. The number of rotatable bonds is 5. The number of non-ortho nitro benzene ring substituents is 1. The number of hydrogen-bond acceptors (Lipinski definition) is 5. The van der Waals surface area contributed by atoms with E-state index in [0.29, 0.717) is 5.56 Å². The average molecular weight is 250 g/mol. The van der Waals surface area contributed by atoms with Crippen molar-refractivity contribution in [2.75, 3.05) is 0 Å². The van der Waals surface area contributed by atoms with Gasteiger partial charge in [-0.15, -0.1) is 0 Å². The maximum Gasteiger partial charge on any atom is 0.337 e. The van der Waals surface area contributed by atoms with Crippen LogP contribution in [0.15, 0.2) is 18.2 Å². The minimum atomic E-state index is -1.81. The molecular formula is C11H10N2O5. The summed E-state index contributed by atoms with van der Waals surface area (Å²) in [7, 11) is 0. The molecule has 0 saturated heterocycles. The van der Waals surface area contributed by atoms with Gasteiger partial charge in [-0.25, -0.2) is 4.79 Å². The number of carboxylic acids is 1. The quantitative estimate of drug-likeness (QED) is 0.596. The van der Waals surface area contributed by atoms with Gasteiger partial charge in [-0.05, 0) is 17.5 Å². The fraction of sp³-hybridized carbons (Fsp3) is 0.273. The number of hydrogen-bond donors (Lipinski definition) is 2. The predicted molar refractivity (Wildman–Crippen MR) is 59.6 cm³/mol. The number of aliphatic hydroxyl groups excluding tert-OH is 1. The molecule has 0 saturated carbocycles. The minimum Gasteiger partial charge on any atom is -0.479 e. The normalized spacial score (nSPS) is 11.6. The fourth-order valence-electron chi connectivity index (χ4n) is 1.45. The number of nitriles is 1. The Morgan fingerprint density at radius 2 is 2.17 bits per heavy atom. The molecule has 2 N–H and O–H groups in total. The maximum atomic E-state index is 10.7. The van der Waals surface area contributed by atoms with Crippen molar-refractivity contribution in [3.8, 4) is 6.07 Å². The molecule has 94 valence electrons. The zero-order valence-corrected chi connectivity index (χ0v) is 9.24. The van der Waals surface area contributed by atoms with Crippen molar-refractivity contribution >= 4 is 11.7 Å². The average Bonchev–Trinajstić information content (AvgIpc) is 2.34. The van der Waals surface area contributed by atoms with E-state index in [4.69, 9.17) is 10.4 Å². The van der Waals surface area contributed by atoms with Gasteiger partial charge in [0.25, 0.3) is 5.69 Å².